The van der Waals surface area contributed by atoms with Crippen LogP contribution >= 0.6 is 11.8 Å². The molecule has 0 radical (unpaired) electrons. The number of aliphatic hydroxyl groups is 1. The minimum atomic E-state index is -0.535. The highest BCUT2D eigenvalue weighted by atomic mass is 32.2. The maximum Gasteiger partial charge on any atom is 0.130 e. The summed E-state index contributed by atoms with van der Waals surface area (Å²) in [4.78, 5) is 1.38. The third-order valence-electron chi connectivity index (χ3n) is 2.52. The summed E-state index contributed by atoms with van der Waals surface area (Å²) in [5.74, 6) is 1.22. The van der Waals surface area contributed by atoms with Gasteiger partial charge < -0.3 is 5.11 Å². The monoisotopic (exact) mass is 209 g/mol. The van der Waals surface area contributed by atoms with Gasteiger partial charge in [-0.05, 0) is 42.8 Å². The van der Waals surface area contributed by atoms with Crippen LogP contribution in [-0.4, -0.2) is 17.9 Å². The van der Waals surface area contributed by atoms with E-state index in [1.807, 2.05) is 17.8 Å². The summed E-state index contributed by atoms with van der Waals surface area (Å²) in [5.41, 5.74) is 2.35. The summed E-state index contributed by atoms with van der Waals surface area (Å²) in [6.45, 7) is 0. The summed E-state index contributed by atoms with van der Waals surface area (Å²) in [6, 6.07) is 6.23. The second-order valence-electron chi connectivity index (χ2n) is 3.51. The van der Waals surface area contributed by atoms with Crippen LogP contribution in [-0.2, 0) is 6.42 Å². The van der Waals surface area contributed by atoms with Crippen molar-refractivity contribution in [3.05, 3.63) is 29.3 Å². The molecular formula is C11H15NOS. The van der Waals surface area contributed by atoms with Crippen molar-refractivity contribution in [3.63, 3.8) is 0 Å². The van der Waals surface area contributed by atoms with Crippen molar-refractivity contribution in [2.75, 3.05) is 12.8 Å². The number of hydrogen-bond acceptors (Lipinski definition) is 3. The number of rotatable bonds is 2. The molecule has 0 amide bonds. The zero-order valence-corrected chi connectivity index (χ0v) is 9.10. The van der Waals surface area contributed by atoms with Gasteiger partial charge in [-0.2, -0.15) is 0 Å². The number of fused-ring (bicyclic) bond motifs is 1. The van der Waals surface area contributed by atoms with Gasteiger partial charge in [0.2, 0.25) is 0 Å². The number of benzene rings is 1. The van der Waals surface area contributed by atoms with Crippen LogP contribution in [0.3, 0.4) is 0 Å². The topological polar surface area (TPSA) is 32.3 Å². The molecule has 2 rings (SSSR count). The average Bonchev–Trinajstić information content (AvgIpc) is 2.27. The molecule has 3 heteroatoms. The first-order chi connectivity index (χ1) is 6.81. The summed E-state index contributed by atoms with van der Waals surface area (Å²) >= 11 is 1.91. The number of aryl methyl sites for hydroxylation is 1. The standard InChI is InChI=1S/C11H15NOS/c1-12-11(13)9-4-5-10-8(7-9)3-2-6-14-10/h4-5,7,11-13H,2-3,6H2,1H3. The molecule has 2 N–H and O–H groups in total. The molecule has 1 atom stereocenters. The highest BCUT2D eigenvalue weighted by molar-refractivity contribution is 7.99. The number of nitrogens with one attached hydrogen (secondary N) is 1. The second kappa shape index (κ2) is 4.34. The summed E-state index contributed by atoms with van der Waals surface area (Å²) in [7, 11) is 1.76. The highest BCUT2D eigenvalue weighted by Gasteiger charge is 2.12. The van der Waals surface area contributed by atoms with Gasteiger partial charge in [-0.3, -0.25) is 5.32 Å². The lowest BCUT2D eigenvalue weighted by Gasteiger charge is -2.17. The van der Waals surface area contributed by atoms with Crippen molar-refractivity contribution < 1.29 is 5.11 Å². The van der Waals surface area contributed by atoms with E-state index in [9.17, 15) is 5.11 Å². The average molecular weight is 209 g/mol. The van der Waals surface area contributed by atoms with Crippen molar-refractivity contribution in [2.24, 2.45) is 0 Å². The fourth-order valence-electron chi connectivity index (χ4n) is 1.72. The molecule has 0 bridgehead atoms. The maximum atomic E-state index is 9.61. The fraction of sp³-hybridized carbons (Fsp3) is 0.455. The SMILES string of the molecule is CNC(O)c1ccc2c(c1)CCCS2. The minimum Gasteiger partial charge on any atom is -0.374 e. The molecule has 1 aliphatic rings. The Morgan fingerprint density at radius 1 is 1.50 bits per heavy atom. The quantitative estimate of drug-likeness (QED) is 0.730. The largest absolute Gasteiger partial charge is 0.374 e. The highest BCUT2D eigenvalue weighted by Crippen LogP contribution is 2.31. The van der Waals surface area contributed by atoms with Crippen LogP contribution in [0, 0.1) is 0 Å². The van der Waals surface area contributed by atoms with Gasteiger partial charge in [-0.25, -0.2) is 0 Å². The third-order valence-corrected chi connectivity index (χ3v) is 3.72. The van der Waals surface area contributed by atoms with Crippen molar-refractivity contribution in [1.82, 2.24) is 5.32 Å². The Balaban J connectivity index is 2.29. The molecule has 1 unspecified atom stereocenters. The van der Waals surface area contributed by atoms with Crippen LogP contribution in [0.4, 0.5) is 0 Å². The minimum absolute atomic E-state index is 0.535. The van der Waals surface area contributed by atoms with Crippen LogP contribution in [0.2, 0.25) is 0 Å². The van der Waals surface area contributed by atoms with E-state index in [0.717, 1.165) is 12.0 Å². The lowest BCUT2D eigenvalue weighted by molar-refractivity contribution is 0.149. The molecule has 14 heavy (non-hydrogen) atoms. The van der Waals surface area contributed by atoms with Gasteiger partial charge in [0, 0.05) is 4.90 Å². The molecular weight excluding hydrogens is 194 g/mol. The number of thioether (sulfide) groups is 1. The molecule has 2 nitrogen and oxygen atoms in total. The van der Waals surface area contributed by atoms with Crippen molar-refractivity contribution in [3.8, 4) is 0 Å². The first-order valence-electron chi connectivity index (χ1n) is 4.92. The van der Waals surface area contributed by atoms with Gasteiger partial charge in [0.05, 0.1) is 0 Å². The summed E-state index contributed by atoms with van der Waals surface area (Å²) in [6.07, 6.45) is 1.86. The smallest absolute Gasteiger partial charge is 0.130 e. The number of aliphatic hydroxyl groups excluding tert-OH is 1. The predicted molar refractivity (Wildman–Crippen MR) is 59.5 cm³/mol. The Morgan fingerprint density at radius 3 is 3.14 bits per heavy atom. The fourth-order valence-corrected chi connectivity index (χ4v) is 2.74. The molecule has 1 aromatic carbocycles. The van der Waals surface area contributed by atoms with Crippen LogP contribution < -0.4 is 5.32 Å². The molecule has 1 aromatic rings. The lowest BCUT2D eigenvalue weighted by Crippen LogP contribution is -2.15. The van der Waals surface area contributed by atoms with Crippen LogP contribution in [0.1, 0.15) is 23.8 Å². The Hall–Kier alpha value is -0.510. The zero-order chi connectivity index (χ0) is 9.97. The Morgan fingerprint density at radius 2 is 2.36 bits per heavy atom. The van der Waals surface area contributed by atoms with Gasteiger partial charge >= 0.3 is 0 Å². The Kier molecular flexibility index (Phi) is 3.11. The first kappa shape index (κ1) is 10.0. The molecule has 0 aliphatic carbocycles. The van der Waals surface area contributed by atoms with E-state index >= 15 is 0 Å². The van der Waals surface area contributed by atoms with E-state index in [1.165, 1.54) is 22.6 Å². The third kappa shape index (κ3) is 1.95. The Bertz CT molecular complexity index is 327. The van der Waals surface area contributed by atoms with Gasteiger partial charge in [0.25, 0.3) is 0 Å². The molecule has 0 saturated carbocycles. The number of hydrogen-bond donors (Lipinski definition) is 2. The van der Waals surface area contributed by atoms with Crippen LogP contribution in [0.15, 0.2) is 23.1 Å². The van der Waals surface area contributed by atoms with Gasteiger partial charge in [0.15, 0.2) is 0 Å². The van der Waals surface area contributed by atoms with E-state index in [1.54, 1.807) is 7.05 Å². The summed E-state index contributed by atoms with van der Waals surface area (Å²) < 4.78 is 0. The van der Waals surface area contributed by atoms with Crippen molar-refractivity contribution in [1.29, 1.82) is 0 Å². The van der Waals surface area contributed by atoms with E-state index in [0.29, 0.717) is 0 Å². The van der Waals surface area contributed by atoms with E-state index in [2.05, 4.69) is 17.4 Å². The van der Waals surface area contributed by atoms with E-state index in [4.69, 9.17) is 0 Å². The van der Waals surface area contributed by atoms with Crippen molar-refractivity contribution in [2.45, 2.75) is 24.0 Å². The van der Waals surface area contributed by atoms with Gasteiger partial charge in [-0.1, -0.05) is 12.1 Å². The normalized spacial score (nSPS) is 17.6. The molecule has 0 fully saturated rings. The van der Waals surface area contributed by atoms with Gasteiger partial charge in [-0.15, -0.1) is 11.8 Å². The predicted octanol–water partition coefficient (Wildman–Crippen LogP) is 1.94. The second-order valence-corrected chi connectivity index (χ2v) is 4.65. The lowest BCUT2D eigenvalue weighted by atomic mass is 10.1. The molecule has 1 heterocycles. The van der Waals surface area contributed by atoms with Crippen LogP contribution in [0.25, 0.3) is 0 Å². The van der Waals surface area contributed by atoms with Crippen LogP contribution in [0.5, 0.6) is 0 Å². The molecule has 0 aromatic heterocycles. The van der Waals surface area contributed by atoms with E-state index < -0.39 is 6.23 Å². The maximum absolute atomic E-state index is 9.61. The molecule has 76 valence electrons. The van der Waals surface area contributed by atoms with Crippen molar-refractivity contribution >= 4 is 11.8 Å². The summed E-state index contributed by atoms with van der Waals surface area (Å²) in [5, 5.41) is 12.4. The molecule has 0 saturated heterocycles. The molecule has 0 spiro atoms. The first-order valence-corrected chi connectivity index (χ1v) is 5.91. The van der Waals surface area contributed by atoms with Gasteiger partial charge in [0.1, 0.15) is 6.23 Å². The van der Waals surface area contributed by atoms with E-state index in [-0.39, 0.29) is 0 Å². The Labute approximate surface area is 88.7 Å². The molecule has 1 aliphatic heterocycles. The zero-order valence-electron chi connectivity index (χ0n) is 8.29.